The van der Waals surface area contributed by atoms with Crippen molar-refractivity contribution < 1.29 is 28.4 Å². The van der Waals surface area contributed by atoms with Gasteiger partial charge >= 0.3 is 5.69 Å². The third-order valence-electron chi connectivity index (χ3n) is 9.88. The number of piperidine rings is 1. The van der Waals surface area contributed by atoms with Gasteiger partial charge in [0.15, 0.2) is 10.8 Å². The molecule has 0 bridgehead atoms. The molecule has 2 aliphatic heterocycles. The number of imidazole rings is 1. The van der Waals surface area contributed by atoms with Gasteiger partial charge in [0, 0.05) is 49.0 Å². The van der Waals surface area contributed by atoms with Crippen LogP contribution in [0.15, 0.2) is 52.3 Å². The maximum Gasteiger partial charge on any atom is 0.329 e. The molecule has 1 fully saturated rings. The van der Waals surface area contributed by atoms with Gasteiger partial charge in [0.25, 0.3) is 5.84 Å². The summed E-state index contributed by atoms with van der Waals surface area (Å²) in [5, 5.41) is 15.7. The number of rotatable bonds is 14. The highest BCUT2D eigenvalue weighted by atomic mass is 35.5. The number of aliphatic imine (C=N–C) groups is 1. The number of thiophene rings is 1. The molecule has 0 spiro atoms. The summed E-state index contributed by atoms with van der Waals surface area (Å²) in [5.41, 5.74) is 11.9. The molecule has 55 heavy (non-hydrogen) atoms. The summed E-state index contributed by atoms with van der Waals surface area (Å²) < 4.78 is 16.2. The standard InChI is InChI=1S/C39H45ClN8O6S/c1-22-23(2)55-38-33(22)34(25-10-12-27(40)13-11-25)44-28(36(42)47(38)24(3)41)21-32(50)43-16-18-54-20-19-53-17-6-8-26-7-5-9-29-35(26)46(4)39(52)48(29)30-14-15-31(49)45-37(30)51/h5,7,9-13,28,30,41-42H,6,8,14-21H2,1-4H3,(H2,43,45,49,50,51)/p+1/t28-,30?/m0/s1. The Balaban J connectivity index is 0.967. The highest BCUT2D eigenvalue weighted by Gasteiger charge is 2.36. The zero-order valence-corrected chi connectivity index (χ0v) is 32.9. The molecular weight excluding hydrogens is 744 g/mol. The number of benzene rings is 2. The Hall–Kier alpha value is -4.96. The van der Waals surface area contributed by atoms with E-state index in [4.69, 9.17) is 37.2 Å². The molecule has 2 atom stereocenters. The molecule has 1 saturated heterocycles. The van der Waals surface area contributed by atoms with Gasteiger partial charge < -0.3 is 20.5 Å². The van der Waals surface area contributed by atoms with E-state index in [1.165, 1.54) is 4.57 Å². The Bertz CT molecular complexity index is 2270. The van der Waals surface area contributed by atoms with Crippen molar-refractivity contribution in [1.82, 2.24) is 19.8 Å². The van der Waals surface area contributed by atoms with Crippen molar-refractivity contribution in [2.45, 2.75) is 65.0 Å². The van der Waals surface area contributed by atoms with Gasteiger partial charge in [-0.3, -0.25) is 33.8 Å². The Morgan fingerprint density at radius 1 is 1.11 bits per heavy atom. The van der Waals surface area contributed by atoms with Gasteiger partial charge in [0.1, 0.15) is 12.1 Å². The van der Waals surface area contributed by atoms with Crippen LogP contribution in [0.2, 0.25) is 5.02 Å². The number of para-hydroxylation sites is 1. The minimum absolute atomic E-state index is 0.0423. The van der Waals surface area contributed by atoms with Crippen molar-refractivity contribution in [3.05, 3.63) is 85.1 Å². The van der Waals surface area contributed by atoms with Gasteiger partial charge in [0.2, 0.25) is 17.7 Å². The smallest absolute Gasteiger partial charge is 0.329 e. The summed E-state index contributed by atoms with van der Waals surface area (Å²) in [6, 6.07) is 11.5. The summed E-state index contributed by atoms with van der Waals surface area (Å²) in [6.07, 6.45) is 1.80. The number of hydrogen-bond acceptors (Lipinski definition) is 9. The van der Waals surface area contributed by atoms with Crippen LogP contribution in [0.1, 0.15) is 65.8 Å². The minimum atomic E-state index is -0.778. The number of nitrogens with one attached hydrogen (secondary N) is 3. The first-order valence-electron chi connectivity index (χ1n) is 18.2. The molecule has 14 nitrogen and oxygen atoms in total. The molecule has 5 N–H and O–H groups in total. The highest BCUT2D eigenvalue weighted by Crippen LogP contribution is 2.39. The number of nitrogens with zero attached hydrogens (tertiary/aromatic N) is 4. The Kier molecular flexibility index (Phi) is 12.4. The van der Waals surface area contributed by atoms with Crippen LogP contribution in [0, 0.1) is 19.3 Å². The molecule has 1 unspecified atom stereocenters. The number of carbonyl (C=O) groups is 3. The average molecular weight is 790 g/mol. The van der Waals surface area contributed by atoms with Gasteiger partial charge in [-0.15, -0.1) is 11.3 Å². The van der Waals surface area contributed by atoms with Gasteiger partial charge in [-0.1, -0.05) is 35.9 Å². The van der Waals surface area contributed by atoms with E-state index in [1.807, 2.05) is 44.2 Å². The van der Waals surface area contributed by atoms with Crippen LogP contribution in [-0.4, -0.2) is 87.8 Å². The normalized spacial score (nSPS) is 18.2. The number of nitrogens with two attached hydrogens (primary N) is 1. The Morgan fingerprint density at radius 2 is 1.84 bits per heavy atom. The largest absolute Gasteiger partial charge is 0.379 e. The number of imide groups is 1. The van der Waals surface area contributed by atoms with Gasteiger partial charge in [0.05, 0.1) is 48.6 Å². The SMILES string of the molecule is CC(N)=[N+]1C(=N)[C@H](CC(=O)NCCOCCOCCCc2cccc3c2n(C)c(=O)n3C2CCC(=O)NC2=O)N=C(c2ccc(Cl)cc2)c2c1sc(C)c2C. The summed E-state index contributed by atoms with van der Waals surface area (Å²) in [6.45, 7) is 7.57. The lowest BCUT2D eigenvalue weighted by Crippen LogP contribution is -2.44. The van der Waals surface area contributed by atoms with Crippen LogP contribution in [0.4, 0.5) is 5.00 Å². The fourth-order valence-electron chi connectivity index (χ4n) is 7.05. The number of amides is 3. The summed E-state index contributed by atoms with van der Waals surface area (Å²) in [7, 11) is 1.69. The van der Waals surface area contributed by atoms with E-state index in [0.29, 0.717) is 54.7 Å². The summed E-state index contributed by atoms with van der Waals surface area (Å²) in [4.78, 5) is 56.6. The number of amidine groups is 2. The maximum absolute atomic E-state index is 13.2. The first kappa shape index (κ1) is 39.7. The van der Waals surface area contributed by atoms with Crippen molar-refractivity contribution in [2.75, 3.05) is 33.0 Å². The van der Waals surface area contributed by atoms with Crippen LogP contribution in [0.3, 0.4) is 0 Å². The van der Waals surface area contributed by atoms with E-state index >= 15 is 0 Å². The number of aryl methyl sites for hydroxylation is 3. The second kappa shape index (κ2) is 17.2. The zero-order chi connectivity index (χ0) is 39.4. The fourth-order valence-corrected chi connectivity index (χ4v) is 8.41. The first-order chi connectivity index (χ1) is 26.4. The van der Waals surface area contributed by atoms with Crippen LogP contribution >= 0.6 is 22.9 Å². The quantitative estimate of drug-likeness (QED) is 0.0643. The lowest BCUT2D eigenvalue weighted by molar-refractivity contribution is -0.309. The monoisotopic (exact) mass is 789 g/mol. The topological polar surface area (TPSA) is 186 Å². The molecule has 0 aliphatic carbocycles. The number of fused-ring (bicyclic) bond motifs is 2. The van der Waals surface area contributed by atoms with Crippen LogP contribution in [0.25, 0.3) is 11.0 Å². The third-order valence-corrected chi connectivity index (χ3v) is 11.3. The van der Waals surface area contributed by atoms with Crippen LogP contribution < -0.4 is 22.1 Å². The molecule has 4 heterocycles. The Labute approximate surface area is 327 Å². The first-order valence-corrected chi connectivity index (χ1v) is 19.4. The molecule has 2 aromatic heterocycles. The van der Waals surface area contributed by atoms with Crippen molar-refractivity contribution in [3.8, 4) is 0 Å². The van der Waals surface area contributed by atoms with E-state index in [0.717, 1.165) is 37.6 Å². The van der Waals surface area contributed by atoms with Crippen molar-refractivity contribution >= 4 is 74.1 Å². The molecule has 16 heteroatoms. The molecule has 0 radical (unpaired) electrons. The highest BCUT2D eigenvalue weighted by molar-refractivity contribution is 7.16. The molecule has 6 rings (SSSR count). The fraction of sp³-hybridized carbons (Fsp3) is 0.410. The van der Waals surface area contributed by atoms with Crippen LogP contribution in [0.5, 0.6) is 0 Å². The third kappa shape index (κ3) is 8.49. The van der Waals surface area contributed by atoms with E-state index < -0.39 is 18.0 Å². The Morgan fingerprint density at radius 3 is 2.55 bits per heavy atom. The van der Waals surface area contributed by atoms with Crippen LogP contribution in [-0.2, 0) is 37.3 Å². The second-order valence-corrected chi connectivity index (χ2v) is 15.3. The van der Waals surface area contributed by atoms with Crippen molar-refractivity contribution in [2.24, 2.45) is 17.8 Å². The number of halogens is 1. The number of hydrogen-bond donors (Lipinski definition) is 4. The van der Waals surface area contributed by atoms with Gasteiger partial charge in [-0.25, -0.2) is 4.79 Å². The average Bonchev–Trinajstić information content (AvgIpc) is 3.53. The number of ether oxygens (including phenoxy) is 2. The molecule has 0 saturated carbocycles. The lowest BCUT2D eigenvalue weighted by atomic mass is 10.00. The van der Waals surface area contributed by atoms with E-state index in [1.54, 1.807) is 46.6 Å². The second-order valence-electron chi connectivity index (χ2n) is 13.7. The molecular formula is C39H46ClN8O6S+. The molecule has 4 aromatic rings. The summed E-state index contributed by atoms with van der Waals surface area (Å²) >= 11 is 7.73. The molecule has 290 valence electrons. The maximum atomic E-state index is 13.2. The minimum Gasteiger partial charge on any atom is -0.379 e. The molecule has 3 amide bonds. The van der Waals surface area contributed by atoms with Crippen molar-refractivity contribution in [1.29, 1.82) is 5.41 Å². The van der Waals surface area contributed by atoms with E-state index in [2.05, 4.69) is 10.6 Å². The summed E-state index contributed by atoms with van der Waals surface area (Å²) in [5.74, 6) is -0.496. The number of carbonyl (C=O) groups excluding carboxylic acids is 3. The van der Waals surface area contributed by atoms with Gasteiger partial charge in [-0.05, 0) is 62.4 Å². The molecule has 2 aromatic carbocycles. The van der Waals surface area contributed by atoms with E-state index in [9.17, 15) is 19.2 Å². The lowest BCUT2D eigenvalue weighted by Gasteiger charge is -2.21. The predicted molar refractivity (Wildman–Crippen MR) is 213 cm³/mol. The van der Waals surface area contributed by atoms with E-state index in [-0.39, 0.29) is 55.8 Å². The predicted octanol–water partition coefficient (Wildman–Crippen LogP) is 4.04. The molecule has 2 aliphatic rings. The van der Waals surface area contributed by atoms with Crippen molar-refractivity contribution in [3.63, 3.8) is 0 Å². The van der Waals surface area contributed by atoms with Gasteiger partial charge in [-0.2, -0.15) is 9.98 Å². The number of aromatic nitrogens is 2. The zero-order valence-electron chi connectivity index (χ0n) is 31.4.